The van der Waals surface area contributed by atoms with Crippen molar-refractivity contribution in [2.45, 2.75) is 20.3 Å². The fourth-order valence-electron chi connectivity index (χ4n) is 2.68. The highest BCUT2D eigenvalue weighted by Crippen LogP contribution is 2.43. The second-order valence-electron chi connectivity index (χ2n) is 5.49. The average molecular weight is 300 g/mol. The number of aliphatic carboxylic acids is 2. The van der Waals surface area contributed by atoms with Crippen molar-refractivity contribution in [2.24, 2.45) is 5.41 Å². The van der Waals surface area contributed by atoms with Gasteiger partial charge in [-0.3, -0.25) is 9.59 Å². The third-order valence-corrected chi connectivity index (χ3v) is 3.93. The van der Waals surface area contributed by atoms with Gasteiger partial charge in [0.05, 0.1) is 5.41 Å². The van der Waals surface area contributed by atoms with E-state index in [1.165, 1.54) is 19.9 Å². The molecule has 1 aliphatic carbocycles. The summed E-state index contributed by atoms with van der Waals surface area (Å²) in [6.07, 6.45) is 1.17. The normalized spacial score (nSPS) is 21.3. The lowest BCUT2D eigenvalue weighted by molar-refractivity contribution is -0.147. The van der Waals surface area contributed by atoms with E-state index in [1.54, 1.807) is 30.3 Å². The van der Waals surface area contributed by atoms with Crippen molar-refractivity contribution in [3.05, 3.63) is 53.1 Å². The first-order valence-corrected chi connectivity index (χ1v) is 6.75. The van der Waals surface area contributed by atoms with E-state index in [1.807, 2.05) is 0 Å². The number of carboxylic acid groups (broad SMARTS) is 2. The fourth-order valence-corrected chi connectivity index (χ4v) is 2.68. The molecule has 0 spiro atoms. The molecule has 0 bridgehead atoms. The fraction of sp³-hybridized carbons (Fsp3) is 0.235. The zero-order valence-corrected chi connectivity index (χ0v) is 12.3. The van der Waals surface area contributed by atoms with E-state index in [-0.39, 0.29) is 23.4 Å². The molecule has 114 valence electrons. The van der Waals surface area contributed by atoms with E-state index >= 15 is 0 Å². The van der Waals surface area contributed by atoms with Gasteiger partial charge >= 0.3 is 11.9 Å². The van der Waals surface area contributed by atoms with E-state index in [2.05, 4.69) is 0 Å². The molecule has 0 saturated carbocycles. The third-order valence-electron chi connectivity index (χ3n) is 3.93. The van der Waals surface area contributed by atoms with Gasteiger partial charge in [0, 0.05) is 17.6 Å². The van der Waals surface area contributed by atoms with Crippen molar-refractivity contribution in [3.8, 4) is 0 Å². The standard InChI is InChI=1S/C17H16O5/c1-10(18)14-8-12(11-6-4-3-5-7-11)13(15(19)20)9-17(14,2)16(21)22/h3-8H,9H2,1-2H3,(H,19,20)(H,21,22). The molecule has 1 atom stereocenters. The molecular formula is C17H16O5. The van der Waals surface area contributed by atoms with Gasteiger partial charge in [0.1, 0.15) is 0 Å². The Hall–Kier alpha value is -2.69. The first kappa shape index (κ1) is 15.7. The predicted octanol–water partition coefficient (Wildman–Crippen LogP) is 2.53. The lowest BCUT2D eigenvalue weighted by Gasteiger charge is -2.31. The molecule has 0 aromatic heterocycles. The van der Waals surface area contributed by atoms with Crippen LogP contribution in [0.2, 0.25) is 0 Å². The van der Waals surface area contributed by atoms with Crippen LogP contribution in [0.1, 0.15) is 25.8 Å². The van der Waals surface area contributed by atoms with Gasteiger partial charge in [-0.05, 0) is 31.1 Å². The van der Waals surface area contributed by atoms with Gasteiger partial charge in [-0.2, -0.15) is 0 Å². The molecule has 1 aromatic rings. The van der Waals surface area contributed by atoms with Crippen LogP contribution in [0.15, 0.2) is 47.6 Å². The van der Waals surface area contributed by atoms with Crippen LogP contribution < -0.4 is 0 Å². The monoisotopic (exact) mass is 300 g/mol. The summed E-state index contributed by atoms with van der Waals surface area (Å²) in [5.74, 6) is -2.76. The minimum Gasteiger partial charge on any atom is -0.481 e. The topological polar surface area (TPSA) is 91.7 Å². The molecule has 5 heteroatoms. The zero-order chi connectivity index (χ0) is 16.5. The van der Waals surface area contributed by atoms with Gasteiger partial charge in [-0.15, -0.1) is 0 Å². The van der Waals surface area contributed by atoms with E-state index < -0.39 is 17.4 Å². The number of ketones is 1. The highest BCUT2D eigenvalue weighted by atomic mass is 16.4. The minimum atomic E-state index is -1.53. The molecule has 2 rings (SSSR count). The van der Waals surface area contributed by atoms with Gasteiger partial charge in [0.25, 0.3) is 0 Å². The molecule has 2 N–H and O–H groups in total. The van der Waals surface area contributed by atoms with Crippen LogP contribution in [0.25, 0.3) is 5.57 Å². The molecule has 0 saturated heterocycles. The van der Waals surface area contributed by atoms with Crippen molar-refractivity contribution in [1.82, 2.24) is 0 Å². The Morgan fingerprint density at radius 2 is 1.68 bits per heavy atom. The average Bonchev–Trinajstić information content (AvgIpc) is 2.47. The summed E-state index contributed by atoms with van der Waals surface area (Å²) in [4.78, 5) is 35.0. The zero-order valence-electron chi connectivity index (χ0n) is 12.3. The van der Waals surface area contributed by atoms with Gasteiger partial charge in [0.2, 0.25) is 0 Å². The molecule has 1 unspecified atom stereocenters. The largest absolute Gasteiger partial charge is 0.481 e. The smallest absolute Gasteiger partial charge is 0.332 e. The molecule has 0 heterocycles. The van der Waals surface area contributed by atoms with Crippen LogP contribution in [-0.2, 0) is 14.4 Å². The van der Waals surface area contributed by atoms with E-state index in [4.69, 9.17) is 0 Å². The maximum atomic E-state index is 11.9. The van der Waals surface area contributed by atoms with Crippen molar-refractivity contribution < 1.29 is 24.6 Å². The van der Waals surface area contributed by atoms with Crippen molar-refractivity contribution in [2.75, 3.05) is 0 Å². The summed E-state index contributed by atoms with van der Waals surface area (Å²) < 4.78 is 0. The number of hydrogen-bond donors (Lipinski definition) is 2. The van der Waals surface area contributed by atoms with Gasteiger partial charge in [-0.1, -0.05) is 30.3 Å². The molecule has 0 radical (unpaired) electrons. The Bertz CT molecular complexity index is 712. The first-order chi connectivity index (χ1) is 10.3. The maximum Gasteiger partial charge on any atom is 0.332 e. The molecule has 0 amide bonds. The van der Waals surface area contributed by atoms with Crippen LogP contribution in [0.5, 0.6) is 0 Å². The Labute approximate surface area is 127 Å². The molecule has 1 aromatic carbocycles. The molecule has 5 nitrogen and oxygen atoms in total. The number of carbonyl (C=O) groups is 3. The number of Topliss-reactive ketones (excluding diaryl/α,β-unsaturated/α-hetero) is 1. The second kappa shape index (κ2) is 5.60. The van der Waals surface area contributed by atoms with Crippen LogP contribution >= 0.6 is 0 Å². The van der Waals surface area contributed by atoms with E-state index in [9.17, 15) is 24.6 Å². The number of allylic oxidation sites excluding steroid dienone is 2. The number of hydrogen-bond acceptors (Lipinski definition) is 3. The Morgan fingerprint density at radius 1 is 1.09 bits per heavy atom. The van der Waals surface area contributed by atoms with Crippen molar-refractivity contribution in [1.29, 1.82) is 0 Å². The van der Waals surface area contributed by atoms with E-state index in [0.717, 1.165) is 0 Å². The first-order valence-electron chi connectivity index (χ1n) is 6.75. The maximum absolute atomic E-state index is 11.9. The molecule has 0 aliphatic heterocycles. The number of carboxylic acids is 2. The lowest BCUT2D eigenvalue weighted by Crippen LogP contribution is -2.36. The molecule has 0 fully saturated rings. The van der Waals surface area contributed by atoms with Gasteiger partial charge in [-0.25, -0.2) is 4.79 Å². The summed E-state index contributed by atoms with van der Waals surface area (Å²) in [5, 5.41) is 18.9. The number of benzene rings is 1. The van der Waals surface area contributed by atoms with Crippen molar-refractivity contribution in [3.63, 3.8) is 0 Å². The van der Waals surface area contributed by atoms with Crippen LogP contribution in [0.3, 0.4) is 0 Å². The van der Waals surface area contributed by atoms with Crippen LogP contribution in [0.4, 0.5) is 0 Å². The SMILES string of the molecule is CC(=O)C1=CC(c2ccccc2)=C(C(=O)O)CC1(C)C(=O)O. The van der Waals surface area contributed by atoms with Gasteiger partial charge in [0.15, 0.2) is 5.78 Å². The van der Waals surface area contributed by atoms with Crippen molar-refractivity contribution >= 4 is 23.3 Å². The summed E-state index contributed by atoms with van der Waals surface area (Å²) in [6.45, 7) is 2.68. The lowest BCUT2D eigenvalue weighted by atomic mass is 9.69. The highest BCUT2D eigenvalue weighted by Gasteiger charge is 2.44. The highest BCUT2D eigenvalue weighted by molar-refractivity contribution is 6.09. The third kappa shape index (κ3) is 2.57. The summed E-state index contributed by atoms with van der Waals surface area (Å²) >= 11 is 0. The second-order valence-corrected chi connectivity index (χ2v) is 5.49. The summed E-state index contributed by atoms with van der Waals surface area (Å²) in [6, 6.07) is 8.78. The quantitative estimate of drug-likeness (QED) is 0.891. The molecular weight excluding hydrogens is 284 g/mol. The number of rotatable bonds is 4. The predicted molar refractivity (Wildman–Crippen MR) is 80.1 cm³/mol. The number of carbonyl (C=O) groups excluding carboxylic acids is 1. The molecule has 1 aliphatic rings. The molecule has 22 heavy (non-hydrogen) atoms. The van der Waals surface area contributed by atoms with Crippen LogP contribution in [0, 0.1) is 5.41 Å². The Morgan fingerprint density at radius 3 is 2.14 bits per heavy atom. The van der Waals surface area contributed by atoms with E-state index in [0.29, 0.717) is 11.1 Å². The Balaban J connectivity index is 2.72. The van der Waals surface area contributed by atoms with Gasteiger partial charge < -0.3 is 10.2 Å². The van der Waals surface area contributed by atoms with Crippen LogP contribution in [-0.4, -0.2) is 27.9 Å². The minimum absolute atomic E-state index is 0.00102. The summed E-state index contributed by atoms with van der Waals surface area (Å²) in [7, 11) is 0. The Kier molecular flexibility index (Phi) is 3.99. The summed E-state index contributed by atoms with van der Waals surface area (Å²) in [5.41, 5.74) is -0.384.